The fourth-order valence-corrected chi connectivity index (χ4v) is 4.36. The van der Waals surface area contributed by atoms with Crippen molar-refractivity contribution in [1.29, 1.82) is 0 Å². The van der Waals surface area contributed by atoms with E-state index in [1.54, 1.807) is 6.07 Å². The molecule has 2 nitrogen and oxygen atoms in total. The molecule has 0 atom stereocenters. The molecule has 2 aromatic carbocycles. The van der Waals surface area contributed by atoms with Gasteiger partial charge in [-0.25, -0.2) is 0 Å². The van der Waals surface area contributed by atoms with Gasteiger partial charge >= 0.3 is 0 Å². The van der Waals surface area contributed by atoms with Gasteiger partial charge in [0.15, 0.2) is 0 Å². The average molecular weight is 364 g/mol. The minimum atomic E-state index is 0.149. The Balaban J connectivity index is 1.42. The van der Waals surface area contributed by atoms with E-state index in [2.05, 4.69) is 43.3 Å². The van der Waals surface area contributed by atoms with Gasteiger partial charge in [-0.1, -0.05) is 61.4 Å². The van der Waals surface area contributed by atoms with Crippen molar-refractivity contribution >= 4 is 5.69 Å². The standard InChI is InChI=1S/C25H33NO/c1-2-6-19-11-13-20(14-12-19)7-3-4-8-21-15-17-22(18-16-21)23-9-5-10-24(27)25(23)26/h2,5-6,9-10,15-20,27H,3-4,7-8,11-14,26H2,1H3/b6-2+. The highest BCUT2D eigenvalue weighted by Gasteiger charge is 2.18. The number of hydrogen-bond acceptors (Lipinski definition) is 2. The third-order valence-electron chi connectivity index (χ3n) is 6.03. The largest absolute Gasteiger partial charge is 0.506 e. The molecule has 1 aliphatic carbocycles. The first-order chi connectivity index (χ1) is 13.2. The number of nitrogens with two attached hydrogens (primary N) is 1. The molecule has 0 saturated heterocycles. The summed E-state index contributed by atoms with van der Waals surface area (Å²) in [7, 11) is 0. The van der Waals surface area contributed by atoms with Crippen LogP contribution in [0.5, 0.6) is 5.75 Å². The lowest BCUT2D eigenvalue weighted by atomic mass is 9.79. The van der Waals surface area contributed by atoms with Crippen LogP contribution in [0.15, 0.2) is 54.6 Å². The molecule has 0 amide bonds. The number of para-hydroxylation sites is 1. The summed E-state index contributed by atoms with van der Waals surface area (Å²) in [5, 5.41) is 9.78. The highest BCUT2D eigenvalue weighted by Crippen LogP contribution is 2.34. The molecule has 144 valence electrons. The van der Waals surface area contributed by atoms with E-state index in [1.165, 1.54) is 50.5 Å². The van der Waals surface area contributed by atoms with Gasteiger partial charge in [-0.05, 0) is 74.5 Å². The molecule has 3 rings (SSSR count). The molecule has 3 N–H and O–H groups in total. The van der Waals surface area contributed by atoms with Gasteiger partial charge in [0.1, 0.15) is 5.75 Å². The summed E-state index contributed by atoms with van der Waals surface area (Å²) in [4.78, 5) is 0. The van der Waals surface area contributed by atoms with Gasteiger partial charge in [0, 0.05) is 5.56 Å². The Morgan fingerprint density at radius 1 is 1.00 bits per heavy atom. The highest BCUT2D eigenvalue weighted by atomic mass is 16.3. The molecule has 0 unspecified atom stereocenters. The summed E-state index contributed by atoms with van der Waals surface area (Å²) in [6.45, 7) is 2.14. The normalized spacial score (nSPS) is 20.2. The summed E-state index contributed by atoms with van der Waals surface area (Å²) < 4.78 is 0. The van der Waals surface area contributed by atoms with E-state index in [1.807, 2.05) is 12.1 Å². The van der Waals surface area contributed by atoms with E-state index in [4.69, 9.17) is 5.73 Å². The van der Waals surface area contributed by atoms with E-state index in [9.17, 15) is 5.11 Å². The SMILES string of the molecule is C/C=C/C1CCC(CCCCc2ccc(-c3cccc(O)c3N)cc2)CC1. The van der Waals surface area contributed by atoms with Crippen molar-refractivity contribution in [3.63, 3.8) is 0 Å². The molecule has 1 aliphatic rings. The second-order valence-corrected chi connectivity index (χ2v) is 7.99. The first-order valence-electron chi connectivity index (χ1n) is 10.5. The molecule has 0 spiro atoms. The number of aryl methyl sites for hydroxylation is 1. The van der Waals surface area contributed by atoms with Crippen molar-refractivity contribution in [1.82, 2.24) is 0 Å². The molecule has 2 aromatic rings. The van der Waals surface area contributed by atoms with Crippen molar-refractivity contribution in [2.24, 2.45) is 11.8 Å². The van der Waals surface area contributed by atoms with Crippen LogP contribution in [0.4, 0.5) is 5.69 Å². The van der Waals surface area contributed by atoms with Crippen LogP contribution >= 0.6 is 0 Å². The minimum Gasteiger partial charge on any atom is -0.506 e. The van der Waals surface area contributed by atoms with Crippen LogP contribution in [-0.2, 0) is 6.42 Å². The Bertz CT molecular complexity index is 739. The van der Waals surface area contributed by atoms with E-state index in [-0.39, 0.29) is 5.75 Å². The van der Waals surface area contributed by atoms with Crippen LogP contribution in [0.2, 0.25) is 0 Å². The molecule has 1 fully saturated rings. The molecule has 2 heteroatoms. The lowest BCUT2D eigenvalue weighted by Crippen LogP contribution is -2.13. The van der Waals surface area contributed by atoms with Gasteiger partial charge in [0.05, 0.1) is 5.69 Å². The van der Waals surface area contributed by atoms with E-state index in [0.29, 0.717) is 5.69 Å². The lowest BCUT2D eigenvalue weighted by Gasteiger charge is -2.26. The fourth-order valence-electron chi connectivity index (χ4n) is 4.36. The van der Waals surface area contributed by atoms with Crippen LogP contribution in [-0.4, -0.2) is 5.11 Å². The number of unbranched alkanes of at least 4 members (excludes halogenated alkanes) is 1. The van der Waals surface area contributed by atoms with Gasteiger partial charge in [0.25, 0.3) is 0 Å². The van der Waals surface area contributed by atoms with Gasteiger partial charge in [-0.2, -0.15) is 0 Å². The van der Waals surface area contributed by atoms with Crippen molar-refractivity contribution in [3.05, 3.63) is 60.2 Å². The monoisotopic (exact) mass is 363 g/mol. The van der Waals surface area contributed by atoms with Crippen LogP contribution in [0.1, 0.15) is 57.4 Å². The zero-order chi connectivity index (χ0) is 19.1. The zero-order valence-electron chi connectivity index (χ0n) is 16.5. The molecule has 0 aliphatic heterocycles. The maximum atomic E-state index is 9.78. The van der Waals surface area contributed by atoms with Crippen molar-refractivity contribution in [2.45, 2.75) is 58.3 Å². The van der Waals surface area contributed by atoms with Gasteiger partial charge in [-0.15, -0.1) is 0 Å². The third-order valence-corrected chi connectivity index (χ3v) is 6.03. The summed E-state index contributed by atoms with van der Waals surface area (Å²) in [6, 6.07) is 14.0. The number of rotatable bonds is 7. The summed E-state index contributed by atoms with van der Waals surface area (Å²) in [5.74, 6) is 1.93. The maximum Gasteiger partial charge on any atom is 0.139 e. The van der Waals surface area contributed by atoms with Crippen molar-refractivity contribution in [2.75, 3.05) is 5.73 Å². The predicted molar refractivity (Wildman–Crippen MR) is 116 cm³/mol. The number of anilines is 1. The number of nitrogen functional groups attached to an aromatic ring is 1. The smallest absolute Gasteiger partial charge is 0.139 e. The number of allylic oxidation sites excluding steroid dienone is 2. The Morgan fingerprint density at radius 3 is 2.44 bits per heavy atom. The Kier molecular flexibility index (Phi) is 6.98. The summed E-state index contributed by atoms with van der Waals surface area (Å²) in [6.07, 6.45) is 15.3. The van der Waals surface area contributed by atoms with Crippen molar-refractivity contribution < 1.29 is 5.11 Å². The topological polar surface area (TPSA) is 46.2 Å². The fraction of sp³-hybridized carbons (Fsp3) is 0.440. The van der Waals surface area contributed by atoms with Crippen LogP contribution in [0.3, 0.4) is 0 Å². The number of phenolic OH excluding ortho intramolecular Hbond substituents is 1. The summed E-state index contributed by atoms with van der Waals surface area (Å²) in [5.41, 5.74) is 9.79. The molecule has 0 heterocycles. The summed E-state index contributed by atoms with van der Waals surface area (Å²) >= 11 is 0. The van der Waals surface area contributed by atoms with Gasteiger partial charge in [-0.3, -0.25) is 0 Å². The molecular formula is C25H33NO. The number of benzene rings is 2. The van der Waals surface area contributed by atoms with E-state index in [0.717, 1.165) is 29.4 Å². The van der Waals surface area contributed by atoms with Crippen LogP contribution in [0.25, 0.3) is 11.1 Å². The van der Waals surface area contributed by atoms with Gasteiger partial charge in [0.2, 0.25) is 0 Å². The highest BCUT2D eigenvalue weighted by molar-refractivity contribution is 5.80. The van der Waals surface area contributed by atoms with E-state index < -0.39 is 0 Å². The molecule has 1 saturated carbocycles. The first kappa shape index (κ1) is 19.5. The Hall–Kier alpha value is -2.22. The molecule has 0 aromatic heterocycles. The second kappa shape index (κ2) is 9.64. The van der Waals surface area contributed by atoms with Crippen molar-refractivity contribution in [3.8, 4) is 16.9 Å². The molecule has 0 bridgehead atoms. The first-order valence-corrected chi connectivity index (χ1v) is 10.5. The van der Waals surface area contributed by atoms with E-state index >= 15 is 0 Å². The average Bonchev–Trinajstić information content (AvgIpc) is 2.69. The van der Waals surface area contributed by atoms with Gasteiger partial charge < -0.3 is 10.8 Å². The molecule has 27 heavy (non-hydrogen) atoms. The second-order valence-electron chi connectivity index (χ2n) is 7.99. The van der Waals surface area contributed by atoms with Crippen LogP contribution < -0.4 is 5.73 Å². The predicted octanol–water partition coefficient (Wildman–Crippen LogP) is 6.74. The zero-order valence-corrected chi connectivity index (χ0v) is 16.5. The lowest BCUT2D eigenvalue weighted by molar-refractivity contribution is 0.289. The third kappa shape index (κ3) is 5.38. The van der Waals surface area contributed by atoms with Crippen LogP contribution in [0, 0.1) is 11.8 Å². The number of phenols is 1. The Morgan fingerprint density at radius 2 is 1.74 bits per heavy atom. The number of hydrogen-bond donors (Lipinski definition) is 2. The Labute approximate surface area is 164 Å². The minimum absolute atomic E-state index is 0.149. The quantitative estimate of drug-likeness (QED) is 0.248. The maximum absolute atomic E-state index is 9.78. The molecular weight excluding hydrogens is 330 g/mol. The molecule has 0 radical (unpaired) electrons. The number of aromatic hydroxyl groups is 1.